The molecular formula is C16H13N3O3. The molecule has 4 N–H and O–H groups in total. The van der Waals surface area contributed by atoms with E-state index in [4.69, 9.17) is 0 Å². The topological polar surface area (TPSA) is 94.0 Å². The quantitative estimate of drug-likeness (QED) is 0.504. The third-order valence-electron chi connectivity index (χ3n) is 3.04. The van der Waals surface area contributed by atoms with Gasteiger partial charge >= 0.3 is 0 Å². The summed E-state index contributed by atoms with van der Waals surface area (Å²) in [5.74, 6) is -0.469. The number of amides is 1. The minimum atomic E-state index is -0.342. The fraction of sp³-hybridized carbons (Fsp3) is 0. The number of benzene rings is 2. The summed E-state index contributed by atoms with van der Waals surface area (Å²) in [6.45, 7) is 0. The lowest BCUT2D eigenvalue weighted by Crippen LogP contribution is -2.29. The smallest absolute Gasteiger partial charge is 0.276 e. The van der Waals surface area contributed by atoms with Crippen LogP contribution in [0.5, 0.6) is 11.5 Å². The van der Waals surface area contributed by atoms with Gasteiger partial charge in [-0.05, 0) is 35.9 Å². The molecule has 22 heavy (non-hydrogen) atoms. The van der Waals surface area contributed by atoms with E-state index < -0.39 is 0 Å². The first kappa shape index (κ1) is 13.7. The number of carbonyl (C=O) groups excluding carboxylic acids is 1. The molecule has 0 spiro atoms. The van der Waals surface area contributed by atoms with E-state index in [2.05, 4.69) is 15.6 Å². The number of guanidine groups is 1. The van der Waals surface area contributed by atoms with Crippen LogP contribution in [0.15, 0.2) is 59.2 Å². The molecule has 2 aromatic rings. The Bertz CT molecular complexity index is 782. The summed E-state index contributed by atoms with van der Waals surface area (Å²) in [4.78, 5) is 16.1. The van der Waals surface area contributed by atoms with Crippen molar-refractivity contribution in [3.63, 3.8) is 0 Å². The molecule has 110 valence electrons. The molecule has 0 unspecified atom stereocenters. The lowest BCUT2D eigenvalue weighted by Gasteiger charge is -2.03. The van der Waals surface area contributed by atoms with Gasteiger partial charge in [-0.3, -0.25) is 10.1 Å². The molecule has 0 saturated carbocycles. The lowest BCUT2D eigenvalue weighted by molar-refractivity contribution is -0.115. The van der Waals surface area contributed by atoms with E-state index in [0.29, 0.717) is 11.5 Å². The maximum absolute atomic E-state index is 11.9. The van der Waals surface area contributed by atoms with Gasteiger partial charge in [0, 0.05) is 5.69 Å². The van der Waals surface area contributed by atoms with Crippen LogP contribution in [0.25, 0.3) is 6.08 Å². The molecular weight excluding hydrogens is 282 g/mol. The van der Waals surface area contributed by atoms with Crippen LogP contribution in [0.4, 0.5) is 5.69 Å². The van der Waals surface area contributed by atoms with Gasteiger partial charge in [0.2, 0.25) is 5.96 Å². The predicted molar refractivity (Wildman–Crippen MR) is 83.4 cm³/mol. The number of nitrogens with zero attached hydrogens (tertiary/aromatic N) is 1. The van der Waals surface area contributed by atoms with Gasteiger partial charge in [0.1, 0.15) is 5.70 Å². The number of hydrogen-bond donors (Lipinski definition) is 4. The highest BCUT2D eigenvalue weighted by Crippen LogP contribution is 2.26. The Morgan fingerprint density at radius 2 is 1.82 bits per heavy atom. The first-order chi connectivity index (χ1) is 10.6. The molecule has 2 aromatic carbocycles. The molecule has 6 heteroatoms. The maximum atomic E-state index is 11.9. The van der Waals surface area contributed by atoms with Crippen LogP contribution in [-0.2, 0) is 4.79 Å². The number of aliphatic imine (C=N–C) groups is 1. The van der Waals surface area contributed by atoms with Gasteiger partial charge in [-0.25, -0.2) is 4.99 Å². The number of anilines is 1. The summed E-state index contributed by atoms with van der Waals surface area (Å²) >= 11 is 0. The van der Waals surface area contributed by atoms with E-state index in [9.17, 15) is 15.0 Å². The first-order valence-electron chi connectivity index (χ1n) is 6.57. The van der Waals surface area contributed by atoms with Crippen LogP contribution in [0.1, 0.15) is 5.56 Å². The number of para-hydroxylation sites is 1. The van der Waals surface area contributed by atoms with Crippen molar-refractivity contribution < 1.29 is 15.0 Å². The molecule has 0 saturated heterocycles. The molecule has 0 bridgehead atoms. The highest BCUT2D eigenvalue weighted by Gasteiger charge is 2.20. The Labute approximate surface area is 126 Å². The van der Waals surface area contributed by atoms with Gasteiger partial charge in [0.05, 0.1) is 0 Å². The Morgan fingerprint density at radius 3 is 2.55 bits per heavy atom. The van der Waals surface area contributed by atoms with Gasteiger partial charge in [0.15, 0.2) is 11.5 Å². The van der Waals surface area contributed by atoms with Crippen molar-refractivity contribution in [1.29, 1.82) is 0 Å². The summed E-state index contributed by atoms with van der Waals surface area (Å²) in [5, 5.41) is 24.3. The molecule has 6 nitrogen and oxygen atoms in total. The number of hydrogen-bond acceptors (Lipinski definition) is 5. The fourth-order valence-corrected chi connectivity index (χ4v) is 1.97. The number of nitrogens with one attached hydrogen (secondary N) is 2. The summed E-state index contributed by atoms with van der Waals surface area (Å²) in [6, 6.07) is 13.6. The van der Waals surface area contributed by atoms with Crippen LogP contribution in [0.3, 0.4) is 0 Å². The van der Waals surface area contributed by atoms with Gasteiger partial charge in [0.25, 0.3) is 5.91 Å². The molecule has 1 amide bonds. The first-order valence-corrected chi connectivity index (χ1v) is 6.57. The second-order valence-corrected chi connectivity index (χ2v) is 4.68. The van der Waals surface area contributed by atoms with Crippen LogP contribution >= 0.6 is 0 Å². The summed E-state index contributed by atoms with van der Waals surface area (Å²) in [7, 11) is 0. The fourth-order valence-electron chi connectivity index (χ4n) is 1.97. The number of phenolic OH excluding ortho intramolecular Hbond substituents is 2. The Hall–Kier alpha value is -3.28. The number of carbonyl (C=O) groups is 1. The van der Waals surface area contributed by atoms with Crippen molar-refractivity contribution in [3.05, 3.63) is 59.8 Å². The molecule has 1 aliphatic heterocycles. The third kappa shape index (κ3) is 2.90. The number of rotatable bonds is 2. The van der Waals surface area contributed by atoms with Crippen LogP contribution < -0.4 is 10.6 Å². The largest absolute Gasteiger partial charge is 0.504 e. The van der Waals surface area contributed by atoms with Gasteiger partial charge < -0.3 is 15.5 Å². The molecule has 3 rings (SSSR count). The van der Waals surface area contributed by atoms with Crippen LogP contribution in [0, 0.1) is 0 Å². The summed E-state index contributed by atoms with van der Waals surface area (Å²) in [5.41, 5.74) is 1.58. The van der Waals surface area contributed by atoms with E-state index in [1.807, 2.05) is 30.3 Å². The average molecular weight is 295 g/mol. The normalized spacial score (nSPS) is 15.5. The SMILES string of the molecule is O=C1NC(Nc2ccccc2)=N/C1=C\c1ccc(O)c(O)c1. The van der Waals surface area contributed by atoms with E-state index in [0.717, 1.165) is 5.69 Å². The van der Waals surface area contributed by atoms with Gasteiger partial charge in [-0.1, -0.05) is 24.3 Å². The van der Waals surface area contributed by atoms with E-state index in [1.54, 1.807) is 6.07 Å². The lowest BCUT2D eigenvalue weighted by atomic mass is 10.1. The summed E-state index contributed by atoms with van der Waals surface area (Å²) in [6.07, 6.45) is 1.52. The van der Waals surface area contributed by atoms with E-state index in [1.165, 1.54) is 18.2 Å². The van der Waals surface area contributed by atoms with E-state index in [-0.39, 0.29) is 23.1 Å². The van der Waals surface area contributed by atoms with Crippen molar-refractivity contribution in [2.75, 3.05) is 5.32 Å². The standard InChI is InChI=1S/C16H13N3O3/c20-13-7-6-10(9-14(13)21)8-12-15(22)19-16(18-12)17-11-4-2-1-3-5-11/h1-9,20-21H,(H2,17,18,19,22)/b12-8-. The number of aromatic hydroxyl groups is 2. The van der Waals surface area contributed by atoms with Crippen molar-refractivity contribution in [2.45, 2.75) is 0 Å². The minimum absolute atomic E-state index is 0.212. The second kappa shape index (κ2) is 5.61. The van der Waals surface area contributed by atoms with Crippen molar-refractivity contribution in [1.82, 2.24) is 5.32 Å². The van der Waals surface area contributed by atoms with Crippen LogP contribution in [0.2, 0.25) is 0 Å². The summed E-state index contributed by atoms with van der Waals surface area (Å²) < 4.78 is 0. The zero-order valence-electron chi connectivity index (χ0n) is 11.4. The molecule has 0 aromatic heterocycles. The predicted octanol–water partition coefficient (Wildman–Crippen LogP) is 2.04. The molecule has 0 aliphatic carbocycles. The van der Waals surface area contributed by atoms with Crippen molar-refractivity contribution >= 4 is 23.6 Å². The Kier molecular flexibility index (Phi) is 3.49. The zero-order valence-corrected chi connectivity index (χ0v) is 11.4. The Balaban J connectivity index is 1.83. The molecule has 0 radical (unpaired) electrons. The minimum Gasteiger partial charge on any atom is -0.504 e. The van der Waals surface area contributed by atoms with Crippen molar-refractivity contribution in [3.8, 4) is 11.5 Å². The van der Waals surface area contributed by atoms with Gasteiger partial charge in [-0.2, -0.15) is 0 Å². The number of phenols is 2. The zero-order chi connectivity index (χ0) is 15.5. The maximum Gasteiger partial charge on any atom is 0.276 e. The van der Waals surface area contributed by atoms with Crippen LogP contribution in [-0.4, -0.2) is 22.1 Å². The van der Waals surface area contributed by atoms with Crippen molar-refractivity contribution in [2.24, 2.45) is 4.99 Å². The van der Waals surface area contributed by atoms with E-state index >= 15 is 0 Å². The molecule has 1 heterocycles. The molecule has 1 aliphatic rings. The highest BCUT2D eigenvalue weighted by molar-refractivity contribution is 6.17. The highest BCUT2D eigenvalue weighted by atomic mass is 16.3. The molecule has 0 fully saturated rings. The average Bonchev–Trinajstić information content (AvgIpc) is 2.84. The Morgan fingerprint density at radius 1 is 1.05 bits per heavy atom. The second-order valence-electron chi connectivity index (χ2n) is 4.68. The molecule has 0 atom stereocenters. The monoisotopic (exact) mass is 295 g/mol. The third-order valence-corrected chi connectivity index (χ3v) is 3.04. The van der Waals surface area contributed by atoms with Gasteiger partial charge in [-0.15, -0.1) is 0 Å².